The van der Waals surface area contributed by atoms with Crippen molar-refractivity contribution in [2.24, 2.45) is 0 Å². The Bertz CT molecular complexity index is 452. The van der Waals surface area contributed by atoms with Crippen LogP contribution in [0.5, 0.6) is 0 Å². The molecule has 5 nitrogen and oxygen atoms in total. The number of carbonyl (C=O) groups excluding carboxylic acids is 1. The van der Waals surface area contributed by atoms with Crippen LogP contribution in [0.2, 0.25) is 0 Å². The number of amides is 1. The topological polar surface area (TPSA) is 61.6 Å². The number of nitrogens with one attached hydrogen (secondary N) is 1. The molecule has 1 atom stereocenters. The van der Waals surface area contributed by atoms with Crippen LogP contribution < -0.4 is 11.1 Å². The molecule has 3 N–H and O–H groups in total. The molecule has 0 bridgehead atoms. The number of nitrogen functional groups attached to an aromatic ring is 1. The number of hydrogen-bond donors (Lipinski definition) is 2. The molecule has 0 aromatic heterocycles. The highest BCUT2D eigenvalue weighted by Gasteiger charge is 2.27. The van der Waals surface area contributed by atoms with E-state index in [0.29, 0.717) is 5.69 Å². The standard InChI is InChI=1S/C16H26N4O/c1-3-15(20-11-9-19(4-2)10-12-20)16(21)18-14-7-5-13(17)6-8-14/h5-8,15H,3-4,9-12,17H2,1-2H3,(H,18,21). The van der Waals surface area contributed by atoms with Crippen LogP contribution in [0.1, 0.15) is 20.3 Å². The molecule has 1 aromatic rings. The maximum atomic E-state index is 12.5. The van der Waals surface area contributed by atoms with Crippen molar-refractivity contribution in [3.8, 4) is 0 Å². The molecule has 5 heteroatoms. The molecule has 1 fully saturated rings. The number of nitrogens with zero attached hydrogens (tertiary/aromatic N) is 2. The van der Waals surface area contributed by atoms with Crippen LogP contribution in [0.4, 0.5) is 11.4 Å². The minimum Gasteiger partial charge on any atom is -0.399 e. The molecule has 2 rings (SSSR count). The van der Waals surface area contributed by atoms with Gasteiger partial charge in [-0.1, -0.05) is 13.8 Å². The Kier molecular flexibility index (Phi) is 5.59. The Labute approximate surface area is 127 Å². The predicted molar refractivity (Wildman–Crippen MR) is 87.3 cm³/mol. The van der Waals surface area contributed by atoms with E-state index >= 15 is 0 Å². The van der Waals surface area contributed by atoms with Gasteiger partial charge in [-0.05, 0) is 37.2 Å². The van der Waals surface area contributed by atoms with E-state index in [0.717, 1.165) is 44.8 Å². The first-order chi connectivity index (χ1) is 10.1. The average Bonchev–Trinajstić information content (AvgIpc) is 2.51. The summed E-state index contributed by atoms with van der Waals surface area (Å²) in [7, 11) is 0. The van der Waals surface area contributed by atoms with Crippen LogP contribution in [0.3, 0.4) is 0 Å². The van der Waals surface area contributed by atoms with Crippen LogP contribution in [0, 0.1) is 0 Å². The van der Waals surface area contributed by atoms with Gasteiger partial charge in [0.1, 0.15) is 0 Å². The smallest absolute Gasteiger partial charge is 0.241 e. The monoisotopic (exact) mass is 290 g/mol. The van der Waals surface area contributed by atoms with Crippen LogP contribution in [0.25, 0.3) is 0 Å². The summed E-state index contributed by atoms with van der Waals surface area (Å²) in [6.45, 7) is 9.34. The van der Waals surface area contributed by atoms with Crippen molar-refractivity contribution >= 4 is 17.3 Å². The van der Waals surface area contributed by atoms with E-state index in [9.17, 15) is 4.79 Å². The van der Waals surface area contributed by atoms with Crippen LogP contribution in [-0.2, 0) is 4.79 Å². The highest BCUT2D eigenvalue weighted by molar-refractivity contribution is 5.94. The van der Waals surface area contributed by atoms with Gasteiger partial charge in [0.15, 0.2) is 0 Å². The van der Waals surface area contributed by atoms with Gasteiger partial charge in [-0.25, -0.2) is 0 Å². The van der Waals surface area contributed by atoms with E-state index in [2.05, 4.69) is 29.0 Å². The molecule has 1 aliphatic rings. The van der Waals surface area contributed by atoms with Crippen LogP contribution in [-0.4, -0.2) is 54.5 Å². The third-order valence-electron chi connectivity index (χ3n) is 4.16. The summed E-state index contributed by atoms with van der Waals surface area (Å²) in [5, 5.41) is 2.99. The summed E-state index contributed by atoms with van der Waals surface area (Å²) in [5.74, 6) is 0.0761. The van der Waals surface area contributed by atoms with Crippen molar-refractivity contribution in [1.29, 1.82) is 0 Å². The van der Waals surface area contributed by atoms with E-state index in [1.807, 2.05) is 12.1 Å². The number of hydrogen-bond acceptors (Lipinski definition) is 4. The van der Waals surface area contributed by atoms with E-state index in [-0.39, 0.29) is 11.9 Å². The third-order valence-corrected chi connectivity index (χ3v) is 4.16. The predicted octanol–water partition coefficient (Wildman–Crippen LogP) is 1.62. The number of likely N-dealkylation sites (N-methyl/N-ethyl adjacent to an activating group) is 1. The van der Waals surface area contributed by atoms with Gasteiger partial charge in [0.05, 0.1) is 6.04 Å². The number of benzene rings is 1. The van der Waals surface area contributed by atoms with Crippen molar-refractivity contribution in [3.63, 3.8) is 0 Å². The fourth-order valence-electron chi connectivity index (χ4n) is 2.79. The first-order valence-electron chi connectivity index (χ1n) is 7.76. The van der Waals surface area contributed by atoms with Gasteiger partial charge in [0, 0.05) is 37.6 Å². The van der Waals surface area contributed by atoms with E-state index in [4.69, 9.17) is 5.73 Å². The Morgan fingerprint density at radius 3 is 2.33 bits per heavy atom. The fraction of sp³-hybridized carbons (Fsp3) is 0.562. The highest BCUT2D eigenvalue weighted by atomic mass is 16.2. The molecule has 1 amide bonds. The normalized spacial score (nSPS) is 18.4. The SMILES string of the molecule is CCC(C(=O)Nc1ccc(N)cc1)N1CCN(CC)CC1. The second-order valence-corrected chi connectivity index (χ2v) is 5.51. The lowest BCUT2D eigenvalue weighted by Crippen LogP contribution is -2.53. The first-order valence-corrected chi connectivity index (χ1v) is 7.76. The molecular formula is C16H26N4O. The fourth-order valence-corrected chi connectivity index (χ4v) is 2.79. The molecule has 1 aromatic carbocycles. The zero-order valence-corrected chi connectivity index (χ0v) is 13.0. The maximum absolute atomic E-state index is 12.5. The molecule has 0 saturated carbocycles. The van der Waals surface area contributed by atoms with Crippen molar-refractivity contribution < 1.29 is 4.79 Å². The summed E-state index contributed by atoms with van der Waals surface area (Å²) in [6.07, 6.45) is 0.826. The lowest BCUT2D eigenvalue weighted by atomic mass is 10.1. The maximum Gasteiger partial charge on any atom is 0.241 e. The molecular weight excluding hydrogens is 264 g/mol. The summed E-state index contributed by atoms with van der Waals surface area (Å²) < 4.78 is 0. The van der Waals surface area contributed by atoms with Crippen molar-refractivity contribution in [3.05, 3.63) is 24.3 Å². The number of piperazine rings is 1. The molecule has 0 spiro atoms. The number of nitrogens with two attached hydrogens (primary N) is 1. The van der Waals surface area contributed by atoms with Gasteiger partial charge in [0.2, 0.25) is 5.91 Å². The van der Waals surface area contributed by atoms with Crippen LogP contribution >= 0.6 is 0 Å². The van der Waals surface area contributed by atoms with E-state index < -0.39 is 0 Å². The first kappa shape index (κ1) is 15.8. The lowest BCUT2D eigenvalue weighted by Gasteiger charge is -2.37. The summed E-state index contributed by atoms with van der Waals surface area (Å²) in [4.78, 5) is 17.2. The third kappa shape index (κ3) is 4.19. The molecule has 1 aliphatic heterocycles. The second kappa shape index (κ2) is 7.43. The van der Waals surface area contributed by atoms with Gasteiger partial charge in [-0.2, -0.15) is 0 Å². The van der Waals surface area contributed by atoms with E-state index in [1.54, 1.807) is 12.1 Å². The van der Waals surface area contributed by atoms with Gasteiger partial charge in [0.25, 0.3) is 0 Å². The Balaban J connectivity index is 1.94. The quantitative estimate of drug-likeness (QED) is 0.809. The van der Waals surface area contributed by atoms with Crippen molar-refractivity contribution in [1.82, 2.24) is 9.80 Å². The van der Waals surface area contributed by atoms with E-state index in [1.165, 1.54) is 0 Å². The van der Waals surface area contributed by atoms with Crippen molar-refractivity contribution in [2.75, 3.05) is 43.8 Å². The zero-order chi connectivity index (χ0) is 15.2. The Hall–Kier alpha value is -1.59. The number of anilines is 2. The van der Waals surface area contributed by atoms with Gasteiger partial charge in [-0.3, -0.25) is 9.69 Å². The molecule has 116 valence electrons. The number of carbonyl (C=O) groups is 1. The van der Waals surface area contributed by atoms with Gasteiger partial charge in [-0.15, -0.1) is 0 Å². The summed E-state index contributed by atoms with van der Waals surface area (Å²) >= 11 is 0. The minimum absolute atomic E-state index is 0.0541. The zero-order valence-electron chi connectivity index (χ0n) is 13.0. The Morgan fingerprint density at radius 1 is 1.19 bits per heavy atom. The molecule has 0 aliphatic carbocycles. The summed E-state index contributed by atoms with van der Waals surface area (Å²) in [6, 6.07) is 7.23. The van der Waals surface area contributed by atoms with Crippen molar-refractivity contribution in [2.45, 2.75) is 26.3 Å². The van der Waals surface area contributed by atoms with Gasteiger partial charge >= 0.3 is 0 Å². The lowest BCUT2D eigenvalue weighted by molar-refractivity contribution is -0.122. The van der Waals surface area contributed by atoms with Gasteiger partial charge < -0.3 is 16.0 Å². The molecule has 1 saturated heterocycles. The van der Waals surface area contributed by atoms with Crippen LogP contribution in [0.15, 0.2) is 24.3 Å². The second-order valence-electron chi connectivity index (χ2n) is 5.51. The molecule has 1 unspecified atom stereocenters. The Morgan fingerprint density at radius 2 is 1.81 bits per heavy atom. The highest BCUT2D eigenvalue weighted by Crippen LogP contribution is 2.14. The molecule has 1 heterocycles. The molecule has 0 radical (unpaired) electrons. The number of rotatable bonds is 5. The average molecular weight is 290 g/mol. The minimum atomic E-state index is -0.0541. The molecule has 21 heavy (non-hydrogen) atoms. The largest absolute Gasteiger partial charge is 0.399 e. The summed E-state index contributed by atoms with van der Waals surface area (Å²) in [5.41, 5.74) is 7.17.